The third-order valence-corrected chi connectivity index (χ3v) is 1.83. The zero-order valence-corrected chi connectivity index (χ0v) is 12.0. The van der Waals surface area contributed by atoms with Gasteiger partial charge in [-0.05, 0) is 0 Å². The second kappa shape index (κ2) is 9.92. The number of ether oxygens (including phenoxy) is 2. The van der Waals surface area contributed by atoms with Crippen molar-refractivity contribution in [2.75, 3.05) is 14.2 Å². The Morgan fingerprint density at radius 3 is 1.41 bits per heavy atom. The number of hydrogen-bond donors (Lipinski definition) is 0. The summed E-state index contributed by atoms with van der Waals surface area (Å²) in [6.45, 7) is 0. The molecule has 2 nitrogen and oxygen atoms in total. The summed E-state index contributed by atoms with van der Waals surface area (Å²) in [5.41, 5.74) is 0. The average molecular weight is 409 g/mol. The Kier molecular flexibility index (Phi) is 9.18. The normalized spacial score (nSPS) is 8.12. The Hall–Kier alpha value is -1.27. The summed E-state index contributed by atoms with van der Waals surface area (Å²) < 4.78 is 9.77. The van der Waals surface area contributed by atoms with Gasteiger partial charge in [-0.1, -0.05) is 0 Å². The summed E-state index contributed by atoms with van der Waals surface area (Å²) in [7, 11) is 3.28. The van der Waals surface area contributed by atoms with Crippen LogP contribution in [0.3, 0.4) is 0 Å². The summed E-state index contributed by atoms with van der Waals surface area (Å²) in [6, 6.07) is 20.6. The summed E-state index contributed by atoms with van der Waals surface area (Å²) in [5.74, 6) is 1.71. The molecule has 0 aliphatic heterocycles. The molecule has 0 N–H and O–H groups in total. The van der Waals surface area contributed by atoms with Crippen LogP contribution in [0.1, 0.15) is 0 Å². The van der Waals surface area contributed by atoms with Gasteiger partial charge in [-0.25, -0.2) is 0 Å². The molecule has 0 saturated heterocycles. The Balaban J connectivity index is 0.000000284. The van der Waals surface area contributed by atoms with E-state index in [1.54, 1.807) is 26.4 Å². The fraction of sp³-hybridized carbons (Fsp3) is 0.143. The summed E-state index contributed by atoms with van der Waals surface area (Å²) >= 11 is 0. The van der Waals surface area contributed by atoms with Gasteiger partial charge in [0.2, 0.25) is 0 Å². The van der Waals surface area contributed by atoms with Gasteiger partial charge in [0.1, 0.15) is 0 Å². The van der Waals surface area contributed by atoms with Crippen LogP contribution in [-0.2, 0) is 21.1 Å². The van der Waals surface area contributed by atoms with Crippen LogP contribution in [-0.4, -0.2) is 14.2 Å². The van der Waals surface area contributed by atoms with Crippen molar-refractivity contribution in [2.24, 2.45) is 0 Å². The van der Waals surface area contributed by atoms with Gasteiger partial charge in [0.15, 0.2) is 0 Å². The molecule has 0 bridgehead atoms. The van der Waals surface area contributed by atoms with Crippen molar-refractivity contribution in [3.8, 4) is 11.5 Å². The van der Waals surface area contributed by atoms with Gasteiger partial charge in [-0.2, -0.15) is 36.4 Å². The molecule has 0 amide bonds. The van der Waals surface area contributed by atoms with Crippen LogP contribution in [0, 0.1) is 12.1 Å². The molecule has 17 heavy (non-hydrogen) atoms. The van der Waals surface area contributed by atoms with Gasteiger partial charge in [0, 0.05) is 11.5 Å². The van der Waals surface area contributed by atoms with Gasteiger partial charge >= 0.3 is 21.1 Å². The molecular weight excluding hydrogens is 395 g/mol. The topological polar surface area (TPSA) is 18.5 Å². The van der Waals surface area contributed by atoms with Crippen molar-refractivity contribution in [1.29, 1.82) is 0 Å². The molecule has 0 heterocycles. The van der Waals surface area contributed by atoms with E-state index in [1.165, 1.54) is 0 Å². The van der Waals surface area contributed by atoms with Crippen LogP contribution in [0.4, 0.5) is 0 Å². The minimum absolute atomic E-state index is 0. The first kappa shape index (κ1) is 15.7. The Morgan fingerprint density at radius 1 is 0.824 bits per heavy atom. The molecule has 0 aliphatic rings. The summed E-state index contributed by atoms with van der Waals surface area (Å²) in [4.78, 5) is 0. The number of rotatable bonds is 2. The minimum Gasteiger partial charge on any atom is -0.554 e. The molecule has 0 unspecified atom stereocenters. The zero-order valence-electron chi connectivity index (χ0n) is 9.75. The van der Waals surface area contributed by atoms with E-state index in [-0.39, 0.29) is 21.1 Å². The fourth-order valence-electron chi connectivity index (χ4n) is 1.01. The van der Waals surface area contributed by atoms with Crippen LogP contribution < -0.4 is 9.47 Å². The zero-order chi connectivity index (χ0) is 11.6. The van der Waals surface area contributed by atoms with Crippen molar-refractivity contribution in [3.63, 3.8) is 0 Å². The van der Waals surface area contributed by atoms with Crippen molar-refractivity contribution >= 4 is 0 Å². The van der Waals surface area contributed by atoms with Gasteiger partial charge in [0.25, 0.3) is 0 Å². The van der Waals surface area contributed by atoms with E-state index < -0.39 is 0 Å². The maximum atomic E-state index is 4.88. The molecule has 2 aromatic carbocycles. The molecular formula is C14H14O2Pt. The predicted octanol–water partition coefficient (Wildman–Crippen LogP) is 2.99. The first-order chi connectivity index (χ1) is 7.86. The number of methoxy groups -OCH3 is 2. The van der Waals surface area contributed by atoms with E-state index in [0.29, 0.717) is 0 Å². The average Bonchev–Trinajstić information content (AvgIpc) is 2.41. The van der Waals surface area contributed by atoms with Gasteiger partial charge in [0.05, 0.1) is 14.2 Å². The molecule has 92 valence electrons. The predicted molar refractivity (Wildman–Crippen MR) is 63.7 cm³/mol. The molecule has 0 saturated carbocycles. The van der Waals surface area contributed by atoms with Crippen molar-refractivity contribution in [2.45, 2.75) is 0 Å². The van der Waals surface area contributed by atoms with Crippen LogP contribution in [0.2, 0.25) is 0 Å². The monoisotopic (exact) mass is 409 g/mol. The molecule has 2 rings (SSSR count). The van der Waals surface area contributed by atoms with Gasteiger partial charge in [-0.3, -0.25) is 0 Å². The third kappa shape index (κ3) is 6.80. The Bertz CT molecular complexity index is 336. The van der Waals surface area contributed by atoms with Crippen LogP contribution in [0.5, 0.6) is 11.5 Å². The van der Waals surface area contributed by atoms with Crippen molar-refractivity contribution in [1.82, 2.24) is 0 Å². The molecule has 0 spiro atoms. The Labute approximate surface area is 117 Å². The van der Waals surface area contributed by atoms with Gasteiger partial charge in [-0.15, -0.1) is 24.3 Å². The first-order valence-corrected chi connectivity index (χ1v) is 4.87. The van der Waals surface area contributed by atoms with E-state index in [9.17, 15) is 0 Å². The first-order valence-electron chi connectivity index (χ1n) is 4.87. The SMILES string of the molecule is COc1c[c-]ccc1.COc1c[c-]ccc1.[Pt+2]. The largest absolute Gasteiger partial charge is 2.00 e. The second-order valence-corrected chi connectivity index (χ2v) is 2.89. The number of hydrogen-bond acceptors (Lipinski definition) is 2. The maximum Gasteiger partial charge on any atom is 2.00 e. The van der Waals surface area contributed by atoms with E-state index in [4.69, 9.17) is 9.47 Å². The molecule has 3 heteroatoms. The van der Waals surface area contributed by atoms with Gasteiger partial charge < -0.3 is 9.47 Å². The smallest absolute Gasteiger partial charge is 0.554 e. The molecule has 0 aromatic heterocycles. The quantitative estimate of drug-likeness (QED) is 0.711. The van der Waals surface area contributed by atoms with E-state index in [2.05, 4.69) is 12.1 Å². The fourth-order valence-corrected chi connectivity index (χ4v) is 1.01. The second-order valence-electron chi connectivity index (χ2n) is 2.89. The van der Waals surface area contributed by atoms with E-state index in [1.807, 2.05) is 36.4 Å². The minimum atomic E-state index is 0. The Morgan fingerprint density at radius 2 is 1.24 bits per heavy atom. The molecule has 0 radical (unpaired) electrons. The summed E-state index contributed by atoms with van der Waals surface area (Å²) in [5, 5.41) is 0. The summed E-state index contributed by atoms with van der Waals surface area (Å²) in [6.07, 6.45) is 0. The molecule has 0 atom stereocenters. The van der Waals surface area contributed by atoms with E-state index >= 15 is 0 Å². The third-order valence-electron chi connectivity index (χ3n) is 1.83. The van der Waals surface area contributed by atoms with E-state index in [0.717, 1.165) is 11.5 Å². The standard InChI is InChI=1S/2C7H7O.Pt/c2*1-8-7-5-3-2-4-6-7;/h2*2-3,5-6H,1H3;/q2*-1;+2. The van der Waals surface area contributed by atoms with Crippen LogP contribution in [0.15, 0.2) is 48.5 Å². The maximum absolute atomic E-state index is 4.88. The van der Waals surface area contributed by atoms with Crippen LogP contribution in [0.25, 0.3) is 0 Å². The van der Waals surface area contributed by atoms with Crippen LogP contribution >= 0.6 is 0 Å². The molecule has 2 aromatic rings. The molecule has 0 fully saturated rings. The van der Waals surface area contributed by atoms with Crippen molar-refractivity contribution in [3.05, 3.63) is 60.7 Å². The number of benzene rings is 2. The van der Waals surface area contributed by atoms with Crippen molar-refractivity contribution < 1.29 is 30.5 Å². The molecule has 0 aliphatic carbocycles.